The molecule has 4 heteroatoms. The van der Waals surface area contributed by atoms with Gasteiger partial charge in [-0.05, 0) is 5.56 Å². The third kappa shape index (κ3) is 3.96. The molecule has 84 valence electrons. The van der Waals surface area contributed by atoms with E-state index in [9.17, 15) is 9.59 Å². The summed E-state index contributed by atoms with van der Waals surface area (Å²) >= 11 is 0. The van der Waals surface area contributed by atoms with E-state index in [0.717, 1.165) is 11.8 Å². The minimum atomic E-state index is -0.487. The van der Waals surface area contributed by atoms with Crippen molar-refractivity contribution in [2.45, 2.75) is 6.54 Å². The fourth-order valence-electron chi connectivity index (χ4n) is 1.07. The molecule has 0 saturated carbocycles. The fourth-order valence-corrected chi connectivity index (χ4v) is 1.07. The Morgan fingerprint density at radius 2 is 2.06 bits per heavy atom. The lowest BCUT2D eigenvalue weighted by Gasteiger charge is -2.05. The zero-order valence-corrected chi connectivity index (χ0v) is 8.81. The van der Waals surface area contributed by atoms with E-state index in [-0.39, 0.29) is 6.61 Å². The van der Waals surface area contributed by atoms with Gasteiger partial charge in [0.25, 0.3) is 0 Å². The molecule has 0 fully saturated rings. The SMILES string of the molecule is C=CCOC(=O)NCc1ccc(C=O)cc1. The molecule has 0 aliphatic rings. The Bertz CT molecular complexity index is 370. The van der Waals surface area contributed by atoms with Gasteiger partial charge in [0.1, 0.15) is 12.9 Å². The van der Waals surface area contributed by atoms with Crippen LogP contribution in [0.2, 0.25) is 0 Å². The number of carbonyl (C=O) groups excluding carboxylic acids is 2. The van der Waals surface area contributed by atoms with E-state index in [1.54, 1.807) is 24.3 Å². The van der Waals surface area contributed by atoms with Gasteiger partial charge < -0.3 is 10.1 Å². The van der Waals surface area contributed by atoms with Crippen molar-refractivity contribution in [3.05, 3.63) is 48.0 Å². The number of alkyl carbamates (subject to hydrolysis) is 1. The van der Waals surface area contributed by atoms with Crippen molar-refractivity contribution >= 4 is 12.4 Å². The highest BCUT2D eigenvalue weighted by atomic mass is 16.5. The van der Waals surface area contributed by atoms with Gasteiger partial charge in [0, 0.05) is 12.1 Å². The predicted octanol–water partition coefficient (Wildman–Crippen LogP) is 1.91. The molecule has 4 nitrogen and oxygen atoms in total. The van der Waals surface area contributed by atoms with Gasteiger partial charge in [0.05, 0.1) is 0 Å². The van der Waals surface area contributed by atoms with Crippen molar-refractivity contribution in [1.29, 1.82) is 0 Å². The monoisotopic (exact) mass is 219 g/mol. The van der Waals surface area contributed by atoms with Crippen LogP contribution >= 0.6 is 0 Å². The van der Waals surface area contributed by atoms with Crippen molar-refractivity contribution in [1.82, 2.24) is 5.32 Å². The van der Waals surface area contributed by atoms with E-state index in [1.807, 2.05) is 0 Å². The summed E-state index contributed by atoms with van der Waals surface area (Å²) in [6.07, 6.45) is 1.79. The van der Waals surface area contributed by atoms with E-state index >= 15 is 0 Å². The number of rotatable bonds is 5. The third-order valence-corrected chi connectivity index (χ3v) is 1.88. The molecule has 0 aliphatic heterocycles. The summed E-state index contributed by atoms with van der Waals surface area (Å²) in [6.45, 7) is 3.99. The second kappa shape index (κ2) is 6.40. The number of nitrogens with one attached hydrogen (secondary N) is 1. The summed E-state index contributed by atoms with van der Waals surface area (Å²) in [6, 6.07) is 6.94. The van der Waals surface area contributed by atoms with Crippen LogP contribution in [0.15, 0.2) is 36.9 Å². The molecule has 0 atom stereocenters. The largest absolute Gasteiger partial charge is 0.445 e. The van der Waals surface area contributed by atoms with Crippen LogP contribution in [0.4, 0.5) is 4.79 Å². The summed E-state index contributed by atoms with van der Waals surface area (Å²) in [5, 5.41) is 2.57. The maximum Gasteiger partial charge on any atom is 0.407 e. The molecule has 0 aromatic heterocycles. The first-order chi connectivity index (χ1) is 7.76. The van der Waals surface area contributed by atoms with E-state index < -0.39 is 6.09 Å². The number of amides is 1. The van der Waals surface area contributed by atoms with Crippen LogP contribution < -0.4 is 5.32 Å². The van der Waals surface area contributed by atoms with E-state index in [4.69, 9.17) is 4.74 Å². The normalized spacial score (nSPS) is 9.25. The zero-order valence-electron chi connectivity index (χ0n) is 8.81. The van der Waals surface area contributed by atoms with Gasteiger partial charge >= 0.3 is 6.09 Å². The lowest BCUT2D eigenvalue weighted by molar-refractivity contribution is 0.112. The summed E-state index contributed by atoms with van der Waals surface area (Å²) < 4.78 is 4.73. The first-order valence-corrected chi connectivity index (χ1v) is 4.82. The van der Waals surface area contributed by atoms with Crippen LogP contribution in [0.25, 0.3) is 0 Å². The zero-order chi connectivity index (χ0) is 11.8. The maximum absolute atomic E-state index is 11.1. The second-order valence-corrected chi connectivity index (χ2v) is 3.10. The minimum Gasteiger partial charge on any atom is -0.445 e. The molecule has 0 bridgehead atoms. The molecule has 0 radical (unpaired) electrons. The van der Waals surface area contributed by atoms with Crippen molar-refractivity contribution in [3.8, 4) is 0 Å². The average Bonchev–Trinajstić information content (AvgIpc) is 2.34. The molecule has 1 aromatic carbocycles. The Labute approximate surface area is 93.9 Å². The van der Waals surface area contributed by atoms with Gasteiger partial charge in [0.2, 0.25) is 0 Å². The Morgan fingerprint density at radius 3 is 2.62 bits per heavy atom. The van der Waals surface area contributed by atoms with E-state index in [2.05, 4.69) is 11.9 Å². The number of hydrogen-bond donors (Lipinski definition) is 1. The van der Waals surface area contributed by atoms with Crippen LogP contribution in [0.5, 0.6) is 0 Å². The van der Waals surface area contributed by atoms with Gasteiger partial charge in [0.15, 0.2) is 0 Å². The molecule has 1 rings (SSSR count). The third-order valence-electron chi connectivity index (χ3n) is 1.88. The first kappa shape index (κ1) is 12.0. The smallest absolute Gasteiger partial charge is 0.407 e. The molecular weight excluding hydrogens is 206 g/mol. The summed E-state index contributed by atoms with van der Waals surface area (Å²) in [5.41, 5.74) is 1.51. The highest BCUT2D eigenvalue weighted by molar-refractivity contribution is 5.74. The van der Waals surface area contributed by atoms with Crippen LogP contribution in [0.1, 0.15) is 15.9 Å². The van der Waals surface area contributed by atoms with Crippen LogP contribution in [0.3, 0.4) is 0 Å². The number of benzene rings is 1. The lowest BCUT2D eigenvalue weighted by Crippen LogP contribution is -2.23. The van der Waals surface area contributed by atoms with Gasteiger partial charge in [-0.3, -0.25) is 4.79 Å². The number of hydrogen-bond acceptors (Lipinski definition) is 3. The molecule has 1 N–H and O–H groups in total. The Kier molecular flexibility index (Phi) is 4.79. The van der Waals surface area contributed by atoms with Crippen molar-refractivity contribution < 1.29 is 14.3 Å². The van der Waals surface area contributed by atoms with Crippen LogP contribution in [-0.4, -0.2) is 19.0 Å². The summed E-state index contributed by atoms with van der Waals surface area (Å²) in [4.78, 5) is 21.5. The fraction of sp³-hybridized carbons (Fsp3) is 0.167. The van der Waals surface area contributed by atoms with Crippen molar-refractivity contribution in [3.63, 3.8) is 0 Å². The van der Waals surface area contributed by atoms with Crippen molar-refractivity contribution in [2.24, 2.45) is 0 Å². The lowest BCUT2D eigenvalue weighted by atomic mass is 10.1. The van der Waals surface area contributed by atoms with Gasteiger partial charge in [-0.2, -0.15) is 0 Å². The molecule has 0 saturated heterocycles. The second-order valence-electron chi connectivity index (χ2n) is 3.10. The quantitative estimate of drug-likeness (QED) is 0.608. The summed E-state index contributed by atoms with van der Waals surface area (Å²) in [7, 11) is 0. The number of aldehydes is 1. The standard InChI is InChI=1S/C12H13NO3/c1-2-7-16-12(15)13-8-10-3-5-11(9-14)6-4-10/h2-6,9H,1,7-8H2,(H,13,15). The van der Waals surface area contributed by atoms with E-state index in [1.165, 1.54) is 6.08 Å². The Balaban J connectivity index is 2.39. The first-order valence-electron chi connectivity index (χ1n) is 4.82. The minimum absolute atomic E-state index is 0.190. The molecule has 0 spiro atoms. The Morgan fingerprint density at radius 1 is 1.38 bits per heavy atom. The average molecular weight is 219 g/mol. The van der Waals surface area contributed by atoms with Crippen LogP contribution in [-0.2, 0) is 11.3 Å². The van der Waals surface area contributed by atoms with Gasteiger partial charge in [-0.1, -0.05) is 36.9 Å². The number of carbonyl (C=O) groups is 2. The van der Waals surface area contributed by atoms with Crippen molar-refractivity contribution in [2.75, 3.05) is 6.61 Å². The predicted molar refractivity (Wildman–Crippen MR) is 60.2 cm³/mol. The topological polar surface area (TPSA) is 55.4 Å². The molecule has 16 heavy (non-hydrogen) atoms. The Hall–Kier alpha value is -2.10. The molecule has 0 aliphatic carbocycles. The number of ether oxygens (including phenoxy) is 1. The van der Waals surface area contributed by atoms with Gasteiger partial charge in [-0.25, -0.2) is 4.79 Å². The summed E-state index contributed by atoms with van der Waals surface area (Å²) in [5.74, 6) is 0. The van der Waals surface area contributed by atoms with Gasteiger partial charge in [-0.15, -0.1) is 0 Å². The molecule has 1 amide bonds. The molecule has 1 aromatic rings. The molecular formula is C12H13NO3. The highest BCUT2D eigenvalue weighted by Crippen LogP contribution is 2.01. The highest BCUT2D eigenvalue weighted by Gasteiger charge is 2.00. The van der Waals surface area contributed by atoms with Crippen LogP contribution in [0, 0.1) is 0 Å². The molecule has 0 unspecified atom stereocenters. The molecule has 0 heterocycles. The van der Waals surface area contributed by atoms with E-state index in [0.29, 0.717) is 12.1 Å². The maximum atomic E-state index is 11.1.